The maximum atomic E-state index is 13.0. The second-order valence-electron chi connectivity index (χ2n) is 5.70. The van der Waals surface area contributed by atoms with Gasteiger partial charge in [0.15, 0.2) is 0 Å². The van der Waals surface area contributed by atoms with Crippen LogP contribution in [0.3, 0.4) is 0 Å². The van der Waals surface area contributed by atoms with E-state index in [4.69, 9.17) is 5.11 Å². The quantitative estimate of drug-likeness (QED) is 0.818. The number of aromatic nitrogens is 1. The highest BCUT2D eigenvalue weighted by atomic mass is 19.1. The molecule has 1 aromatic rings. The van der Waals surface area contributed by atoms with E-state index in [1.54, 1.807) is 0 Å². The zero-order valence-electron chi connectivity index (χ0n) is 11.8. The van der Waals surface area contributed by atoms with Gasteiger partial charge >= 0.3 is 5.97 Å². The van der Waals surface area contributed by atoms with Crippen LogP contribution in [0.4, 0.5) is 10.2 Å². The minimum absolute atomic E-state index is 0.00298. The van der Waals surface area contributed by atoms with Crippen molar-refractivity contribution in [2.75, 3.05) is 5.32 Å². The minimum atomic E-state index is -0.881. The third-order valence-electron chi connectivity index (χ3n) is 3.96. The lowest BCUT2D eigenvalue weighted by Crippen LogP contribution is -2.32. The van der Waals surface area contributed by atoms with Crippen molar-refractivity contribution in [3.63, 3.8) is 0 Å². The maximum absolute atomic E-state index is 13.0. The van der Waals surface area contributed by atoms with Crippen LogP contribution in [0.25, 0.3) is 0 Å². The van der Waals surface area contributed by atoms with Crippen LogP contribution in [-0.4, -0.2) is 22.0 Å². The van der Waals surface area contributed by atoms with Crippen molar-refractivity contribution in [1.29, 1.82) is 0 Å². The first-order valence-corrected chi connectivity index (χ1v) is 7.13. The van der Waals surface area contributed by atoms with Crippen molar-refractivity contribution in [3.05, 3.63) is 24.1 Å². The molecule has 1 saturated carbocycles. The van der Waals surface area contributed by atoms with E-state index in [0.717, 1.165) is 32.1 Å². The van der Waals surface area contributed by atoms with Gasteiger partial charge in [-0.25, -0.2) is 4.98 Å². The SMILES string of the molecule is O=C(O)CC1(CC(=O)Nc2cccc(F)n2)CCCCC1. The van der Waals surface area contributed by atoms with Gasteiger partial charge in [-0.2, -0.15) is 4.39 Å². The highest BCUT2D eigenvalue weighted by Gasteiger charge is 2.36. The van der Waals surface area contributed by atoms with Crippen LogP contribution >= 0.6 is 0 Å². The number of hydrogen-bond donors (Lipinski definition) is 2. The van der Waals surface area contributed by atoms with Crippen LogP contribution in [0.15, 0.2) is 18.2 Å². The predicted molar refractivity (Wildman–Crippen MR) is 75.2 cm³/mol. The van der Waals surface area contributed by atoms with Crippen molar-refractivity contribution in [2.45, 2.75) is 44.9 Å². The van der Waals surface area contributed by atoms with Gasteiger partial charge in [0.05, 0.1) is 6.42 Å². The molecule has 0 saturated heterocycles. The Kier molecular flexibility index (Phi) is 4.88. The first kappa shape index (κ1) is 15.4. The Morgan fingerprint density at radius 3 is 2.57 bits per heavy atom. The molecule has 2 N–H and O–H groups in total. The summed E-state index contributed by atoms with van der Waals surface area (Å²) in [4.78, 5) is 26.8. The van der Waals surface area contributed by atoms with Gasteiger partial charge < -0.3 is 10.4 Å². The lowest BCUT2D eigenvalue weighted by Gasteiger charge is -2.35. The van der Waals surface area contributed by atoms with E-state index >= 15 is 0 Å². The van der Waals surface area contributed by atoms with Crippen molar-refractivity contribution >= 4 is 17.7 Å². The Morgan fingerprint density at radius 2 is 1.95 bits per heavy atom. The van der Waals surface area contributed by atoms with Crippen LogP contribution in [0.2, 0.25) is 0 Å². The lowest BCUT2D eigenvalue weighted by atomic mass is 9.69. The molecule has 5 nitrogen and oxygen atoms in total. The average Bonchev–Trinajstić information content (AvgIpc) is 2.38. The Labute approximate surface area is 122 Å². The molecule has 6 heteroatoms. The Bertz CT molecular complexity index is 527. The van der Waals surface area contributed by atoms with Crippen LogP contribution < -0.4 is 5.32 Å². The van der Waals surface area contributed by atoms with E-state index in [-0.39, 0.29) is 24.6 Å². The van der Waals surface area contributed by atoms with E-state index < -0.39 is 17.3 Å². The van der Waals surface area contributed by atoms with Gasteiger partial charge in [-0.15, -0.1) is 0 Å². The van der Waals surface area contributed by atoms with Crippen LogP contribution in [0, 0.1) is 11.4 Å². The normalized spacial score (nSPS) is 17.2. The van der Waals surface area contributed by atoms with Gasteiger partial charge in [0.2, 0.25) is 11.9 Å². The number of aliphatic carboxylic acids is 1. The summed E-state index contributed by atoms with van der Waals surface area (Å²) in [5, 5.41) is 11.6. The second kappa shape index (κ2) is 6.65. The summed E-state index contributed by atoms with van der Waals surface area (Å²) in [5.74, 6) is -1.70. The average molecular weight is 294 g/mol. The summed E-state index contributed by atoms with van der Waals surface area (Å²) in [7, 11) is 0. The fourth-order valence-electron chi connectivity index (χ4n) is 3.04. The molecule has 1 fully saturated rings. The smallest absolute Gasteiger partial charge is 0.303 e. The molecule has 21 heavy (non-hydrogen) atoms. The lowest BCUT2D eigenvalue weighted by molar-refractivity contribution is -0.140. The summed E-state index contributed by atoms with van der Waals surface area (Å²) in [6.45, 7) is 0. The van der Waals surface area contributed by atoms with Crippen LogP contribution in [0.1, 0.15) is 44.9 Å². The molecule has 1 aliphatic rings. The standard InChI is InChI=1S/C15H19FN2O3/c16-11-5-4-6-12(17-11)18-13(19)9-15(10-14(20)21)7-2-1-3-8-15/h4-6H,1-3,7-10H2,(H,20,21)(H,17,18,19). The number of hydrogen-bond acceptors (Lipinski definition) is 3. The van der Waals surface area contributed by atoms with Crippen molar-refractivity contribution < 1.29 is 19.1 Å². The van der Waals surface area contributed by atoms with Crippen molar-refractivity contribution in [1.82, 2.24) is 4.98 Å². The van der Waals surface area contributed by atoms with Gasteiger partial charge in [0.1, 0.15) is 5.82 Å². The number of carboxylic acids is 1. The van der Waals surface area contributed by atoms with E-state index in [9.17, 15) is 14.0 Å². The molecule has 0 spiro atoms. The molecular formula is C15H19FN2O3. The third kappa shape index (κ3) is 4.51. The highest BCUT2D eigenvalue weighted by Crippen LogP contribution is 2.42. The Morgan fingerprint density at radius 1 is 1.24 bits per heavy atom. The van der Waals surface area contributed by atoms with Gasteiger partial charge in [-0.05, 0) is 30.4 Å². The van der Waals surface area contributed by atoms with Crippen LogP contribution in [0.5, 0.6) is 0 Å². The first-order valence-electron chi connectivity index (χ1n) is 7.13. The molecule has 1 aliphatic carbocycles. The summed E-state index contributed by atoms with van der Waals surface area (Å²) in [5.41, 5.74) is -0.485. The minimum Gasteiger partial charge on any atom is -0.481 e. The van der Waals surface area contributed by atoms with E-state index in [1.165, 1.54) is 18.2 Å². The zero-order valence-corrected chi connectivity index (χ0v) is 11.8. The van der Waals surface area contributed by atoms with Crippen molar-refractivity contribution in [2.24, 2.45) is 5.41 Å². The Balaban J connectivity index is 2.02. The molecule has 1 heterocycles. The fraction of sp³-hybridized carbons (Fsp3) is 0.533. The number of rotatable bonds is 5. The third-order valence-corrected chi connectivity index (χ3v) is 3.96. The molecule has 1 amide bonds. The highest BCUT2D eigenvalue weighted by molar-refractivity contribution is 5.90. The largest absolute Gasteiger partial charge is 0.481 e. The van der Waals surface area contributed by atoms with Gasteiger partial charge in [-0.3, -0.25) is 9.59 Å². The monoisotopic (exact) mass is 294 g/mol. The molecule has 0 radical (unpaired) electrons. The molecule has 2 rings (SSSR count). The molecule has 1 aromatic heterocycles. The number of nitrogens with one attached hydrogen (secondary N) is 1. The summed E-state index contributed by atoms with van der Waals surface area (Å²) in [6.07, 6.45) is 4.58. The molecule has 114 valence electrons. The molecule has 0 bridgehead atoms. The number of carboxylic acid groups (broad SMARTS) is 1. The molecular weight excluding hydrogens is 275 g/mol. The number of carbonyl (C=O) groups is 2. The summed E-state index contributed by atoms with van der Waals surface area (Å²) in [6, 6.07) is 4.17. The zero-order chi connectivity index (χ0) is 15.3. The number of halogens is 1. The number of carbonyl (C=O) groups excluding carboxylic acids is 1. The topological polar surface area (TPSA) is 79.3 Å². The number of anilines is 1. The van der Waals surface area contributed by atoms with E-state index in [1.807, 2.05) is 0 Å². The van der Waals surface area contributed by atoms with E-state index in [2.05, 4.69) is 10.3 Å². The second-order valence-corrected chi connectivity index (χ2v) is 5.70. The molecule has 0 aliphatic heterocycles. The predicted octanol–water partition coefficient (Wildman–Crippen LogP) is 2.97. The Hall–Kier alpha value is -1.98. The molecule has 0 unspecified atom stereocenters. The molecule has 0 atom stereocenters. The van der Waals surface area contributed by atoms with Gasteiger partial charge in [-0.1, -0.05) is 25.3 Å². The van der Waals surface area contributed by atoms with Gasteiger partial charge in [0, 0.05) is 6.42 Å². The molecule has 0 aromatic carbocycles. The fourth-order valence-corrected chi connectivity index (χ4v) is 3.04. The maximum Gasteiger partial charge on any atom is 0.303 e. The summed E-state index contributed by atoms with van der Waals surface area (Å²) >= 11 is 0. The van der Waals surface area contributed by atoms with Crippen LogP contribution in [-0.2, 0) is 9.59 Å². The number of pyridine rings is 1. The summed E-state index contributed by atoms with van der Waals surface area (Å²) < 4.78 is 13.0. The van der Waals surface area contributed by atoms with Gasteiger partial charge in [0.25, 0.3) is 0 Å². The van der Waals surface area contributed by atoms with Crippen molar-refractivity contribution in [3.8, 4) is 0 Å². The number of nitrogens with zero attached hydrogens (tertiary/aromatic N) is 1. The van der Waals surface area contributed by atoms with E-state index in [0.29, 0.717) is 0 Å². The first-order chi connectivity index (χ1) is 9.99. The number of amides is 1.